The van der Waals surface area contributed by atoms with Gasteiger partial charge < -0.3 is 10.2 Å². The van der Waals surface area contributed by atoms with Crippen LogP contribution in [0.1, 0.15) is 5.69 Å². The summed E-state index contributed by atoms with van der Waals surface area (Å²) in [5.74, 6) is 0.136. The minimum Gasteiger partial charge on any atom is -0.340 e. The van der Waals surface area contributed by atoms with E-state index in [0.717, 1.165) is 31.9 Å². The molecule has 0 unspecified atom stereocenters. The van der Waals surface area contributed by atoms with Gasteiger partial charge in [0, 0.05) is 44.8 Å². The number of hydrogen-bond donors (Lipinski definition) is 1. The fraction of sp³-hybridized carbons (Fsp3) is 0.500. The third-order valence-electron chi connectivity index (χ3n) is 2.42. The predicted octanol–water partition coefficient (Wildman–Crippen LogP) is -0.549. The topological polar surface area (TPSA) is 58.1 Å². The molecule has 1 N–H and O–H groups in total. The average Bonchev–Trinajstić information content (AvgIpc) is 2.31. The Morgan fingerprint density at radius 3 is 2.87 bits per heavy atom. The molecule has 80 valence electrons. The second-order valence-electron chi connectivity index (χ2n) is 3.50. The van der Waals surface area contributed by atoms with E-state index < -0.39 is 0 Å². The molecule has 0 aromatic carbocycles. The minimum atomic E-state index is 0.136. The van der Waals surface area contributed by atoms with E-state index in [1.54, 1.807) is 18.6 Å². The van der Waals surface area contributed by atoms with E-state index in [2.05, 4.69) is 15.3 Å². The molecule has 1 aromatic heterocycles. The number of nitrogens with zero attached hydrogens (tertiary/aromatic N) is 3. The number of amides is 1. The summed E-state index contributed by atoms with van der Waals surface area (Å²) in [7, 11) is 0. The Labute approximate surface area is 88.5 Å². The van der Waals surface area contributed by atoms with E-state index in [4.69, 9.17) is 0 Å². The van der Waals surface area contributed by atoms with Crippen LogP contribution in [0.2, 0.25) is 0 Å². The summed E-state index contributed by atoms with van der Waals surface area (Å²) in [6.07, 6.45) is 5.22. The van der Waals surface area contributed by atoms with Crippen molar-refractivity contribution in [1.82, 2.24) is 20.2 Å². The predicted molar refractivity (Wildman–Crippen MR) is 55.2 cm³/mol. The SMILES string of the molecule is O=C(Cc1cnccn1)N1CCNCC1. The number of piperazine rings is 1. The van der Waals surface area contributed by atoms with Crippen molar-refractivity contribution in [3.05, 3.63) is 24.3 Å². The first-order chi connectivity index (χ1) is 7.36. The summed E-state index contributed by atoms with van der Waals surface area (Å²) in [6, 6.07) is 0. The zero-order valence-corrected chi connectivity index (χ0v) is 8.52. The largest absolute Gasteiger partial charge is 0.340 e. The molecule has 1 amide bonds. The Bertz CT molecular complexity index is 321. The molecule has 0 aliphatic carbocycles. The van der Waals surface area contributed by atoms with Crippen LogP contribution in [0.4, 0.5) is 0 Å². The van der Waals surface area contributed by atoms with Gasteiger partial charge in [0.2, 0.25) is 5.91 Å². The minimum absolute atomic E-state index is 0.136. The molecule has 0 bridgehead atoms. The van der Waals surface area contributed by atoms with Crippen molar-refractivity contribution in [3.8, 4) is 0 Å². The molecule has 0 spiro atoms. The lowest BCUT2D eigenvalue weighted by atomic mass is 10.2. The van der Waals surface area contributed by atoms with Gasteiger partial charge in [0.1, 0.15) is 0 Å². The number of hydrogen-bond acceptors (Lipinski definition) is 4. The summed E-state index contributed by atoms with van der Waals surface area (Å²) >= 11 is 0. The Morgan fingerprint density at radius 2 is 2.20 bits per heavy atom. The highest BCUT2D eigenvalue weighted by atomic mass is 16.2. The fourth-order valence-corrected chi connectivity index (χ4v) is 1.60. The Morgan fingerprint density at radius 1 is 1.40 bits per heavy atom. The number of carbonyl (C=O) groups is 1. The van der Waals surface area contributed by atoms with Crippen molar-refractivity contribution in [1.29, 1.82) is 0 Å². The highest BCUT2D eigenvalue weighted by Crippen LogP contribution is 1.99. The summed E-state index contributed by atoms with van der Waals surface area (Å²) in [5.41, 5.74) is 0.737. The van der Waals surface area contributed by atoms with Gasteiger partial charge in [-0.05, 0) is 0 Å². The third-order valence-corrected chi connectivity index (χ3v) is 2.42. The monoisotopic (exact) mass is 206 g/mol. The average molecular weight is 206 g/mol. The van der Waals surface area contributed by atoms with E-state index in [0.29, 0.717) is 6.42 Å². The second kappa shape index (κ2) is 4.84. The Kier molecular flexibility index (Phi) is 3.24. The molecule has 0 radical (unpaired) electrons. The van der Waals surface area contributed by atoms with Gasteiger partial charge in [-0.25, -0.2) is 0 Å². The number of carbonyl (C=O) groups excluding carboxylic acids is 1. The summed E-state index contributed by atoms with van der Waals surface area (Å²) in [4.78, 5) is 21.7. The molecule has 5 heteroatoms. The van der Waals surface area contributed by atoms with E-state index in [1.807, 2.05) is 4.90 Å². The number of rotatable bonds is 2. The maximum atomic E-state index is 11.8. The molecule has 5 nitrogen and oxygen atoms in total. The lowest BCUT2D eigenvalue weighted by Crippen LogP contribution is -2.47. The summed E-state index contributed by atoms with van der Waals surface area (Å²) in [6.45, 7) is 3.34. The van der Waals surface area contributed by atoms with Crippen LogP contribution < -0.4 is 5.32 Å². The van der Waals surface area contributed by atoms with Gasteiger partial charge in [-0.15, -0.1) is 0 Å². The molecule has 15 heavy (non-hydrogen) atoms. The Balaban J connectivity index is 1.91. The van der Waals surface area contributed by atoms with Crippen LogP contribution >= 0.6 is 0 Å². The molecule has 2 rings (SSSR count). The maximum Gasteiger partial charge on any atom is 0.228 e. The van der Waals surface area contributed by atoms with Crippen LogP contribution in [0.3, 0.4) is 0 Å². The van der Waals surface area contributed by atoms with Gasteiger partial charge in [-0.3, -0.25) is 14.8 Å². The Hall–Kier alpha value is -1.49. The van der Waals surface area contributed by atoms with Gasteiger partial charge in [-0.1, -0.05) is 0 Å². The quantitative estimate of drug-likeness (QED) is 0.705. The highest BCUT2D eigenvalue weighted by molar-refractivity contribution is 5.78. The van der Waals surface area contributed by atoms with Crippen molar-refractivity contribution in [2.75, 3.05) is 26.2 Å². The van der Waals surface area contributed by atoms with Crippen LogP contribution in [0.5, 0.6) is 0 Å². The number of nitrogens with one attached hydrogen (secondary N) is 1. The fourth-order valence-electron chi connectivity index (χ4n) is 1.60. The van der Waals surface area contributed by atoms with Crippen LogP contribution in [-0.2, 0) is 11.2 Å². The zero-order chi connectivity index (χ0) is 10.5. The van der Waals surface area contributed by atoms with Gasteiger partial charge in [0.05, 0.1) is 12.1 Å². The molecule has 1 saturated heterocycles. The molecular weight excluding hydrogens is 192 g/mol. The second-order valence-corrected chi connectivity index (χ2v) is 3.50. The zero-order valence-electron chi connectivity index (χ0n) is 8.52. The standard InChI is InChI=1S/C10H14N4O/c15-10(14-5-3-11-4-6-14)7-9-8-12-1-2-13-9/h1-2,8,11H,3-7H2. The molecule has 1 aliphatic heterocycles. The van der Waals surface area contributed by atoms with Crippen LogP contribution in [0, 0.1) is 0 Å². The molecule has 1 fully saturated rings. The molecule has 2 heterocycles. The van der Waals surface area contributed by atoms with Gasteiger partial charge >= 0.3 is 0 Å². The van der Waals surface area contributed by atoms with Crippen LogP contribution in [-0.4, -0.2) is 47.0 Å². The molecule has 0 saturated carbocycles. The van der Waals surface area contributed by atoms with Crippen molar-refractivity contribution in [2.45, 2.75) is 6.42 Å². The van der Waals surface area contributed by atoms with Crippen molar-refractivity contribution < 1.29 is 4.79 Å². The van der Waals surface area contributed by atoms with Crippen LogP contribution in [0.25, 0.3) is 0 Å². The molecule has 0 atom stereocenters. The van der Waals surface area contributed by atoms with E-state index in [1.165, 1.54) is 0 Å². The van der Waals surface area contributed by atoms with Crippen LogP contribution in [0.15, 0.2) is 18.6 Å². The lowest BCUT2D eigenvalue weighted by molar-refractivity contribution is -0.131. The summed E-state index contributed by atoms with van der Waals surface area (Å²) < 4.78 is 0. The maximum absolute atomic E-state index is 11.8. The first kappa shape index (κ1) is 10.0. The van der Waals surface area contributed by atoms with E-state index in [9.17, 15) is 4.79 Å². The lowest BCUT2D eigenvalue weighted by Gasteiger charge is -2.27. The first-order valence-electron chi connectivity index (χ1n) is 5.09. The smallest absolute Gasteiger partial charge is 0.228 e. The third kappa shape index (κ3) is 2.73. The van der Waals surface area contributed by atoms with Gasteiger partial charge in [-0.2, -0.15) is 0 Å². The van der Waals surface area contributed by atoms with Crippen molar-refractivity contribution >= 4 is 5.91 Å². The molecule has 1 aliphatic rings. The molecule has 1 aromatic rings. The number of aromatic nitrogens is 2. The summed E-state index contributed by atoms with van der Waals surface area (Å²) in [5, 5.41) is 3.21. The van der Waals surface area contributed by atoms with Crippen molar-refractivity contribution in [3.63, 3.8) is 0 Å². The highest BCUT2D eigenvalue weighted by Gasteiger charge is 2.16. The molecular formula is C10H14N4O. The van der Waals surface area contributed by atoms with E-state index >= 15 is 0 Å². The first-order valence-corrected chi connectivity index (χ1v) is 5.09. The van der Waals surface area contributed by atoms with Crippen molar-refractivity contribution in [2.24, 2.45) is 0 Å². The van der Waals surface area contributed by atoms with Gasteiger partial charge in [0.15, 0.2) is 0 Å². The van der Waals surface area contributed by atoms with E-state index in [-0.39, 0.29) is 5.91 Å². The van der Waals surface area contributed by atoms with Gasteiger partial charge in [0.25, 0.3) is 0 Å². The normalized spacial score (nSPS) is 16.4.